The molecular formula is C19H25N5O3. The van der Waals surface area contributed by atoms with Gasteiger partial charge in [0, 0.05) is 51.0 Å². The van der Waals surface area contributed by atoms with E-state index in [-0.39, 0.29) is 12.2 Å². The van der Waals surface area contributed by atoms with Gasteiger partial charge >= 0.3 is 0 Å². The number of hydrogen-bond donors (Lipinski definition) is 1. The smallest absolute Gasteiger partial charge is 0.238 e. The van der Waals surface area contributed by atoms with E-state index in [0.717, 1.165) is 36.8 Å². The van der Waals surface area contributed by atoms with Gasteiger partial charge < -0.3 is 25.0 Å². The monoisotopic (exact) mass is 371 g/mol. The molecule has 0 radical (unpaired) electrons. The molecule has 1 fully saturated rings. The molecule has 1 unspecified atom stereocenters. The first kappa shape index (κ1) is 17.6. The van der Waals surface area contributed by atoms with E-state index < -0.39 is 0 Å². The van der Waals surface area contributed by atoms with Gasteiger partial charge in [0.2, 0.25) is 18.1 Å². The Morgan fingerprint density at radius 2 is 1.96 bits per heavy atom. The van der Waals surface area contributed by atoms with E-state index in [1.807, 2.05) is 30.9 Å². The molecule has 1 aromatic heterocycles. The van der Waals surface area contributed by atoms with Gasteiger partial charge in [0.25, 0.3) is 0 Å². The van der Waals surface area contributed by atoms with Crippen molar-refractivity contribution in [2.24, 2.45) is 0 Å². The molecule has 8 heteroatoms. The lowest BCUT2D eigenvalue weighted by molar-refractivity contribution is -0.131. The first-order chi connectivity index (χ1) is 13.0. The van der Waals surface area contributed by atoms with Gasteiger partial charge in [-0.15, -0.1) is 0 Å². The normalized spacial score (nSPS) is 19.4. The van der Waals surface area contributed by atoms with Crippen LogP contribution in [0.5, 0.6) is 11.5 Å². The minimum absolute atomic E-state index is 0.222. The fourth-order valence-corrected chi connectivity index (χ4v) is 3.59. The van der Waals surface area contributed by atoms with Crippen molar-refractivity contribution in [3.8, 4) is 11.5 Å². The summed E-state index contributed by atoms with van der Waals surface area (Å²) in [7, 11) is 0. The quantitative estimate of drug-likeness (QED) is 0.883. The van der Waals surface area contributed by atoms with E-state index in [0.29, 0.717) is 42.8 Å². The lowest BCUT2D eigenvalue weighted by Crippen LogP contribution is -2.35. The molecular weight excluding hydrogens is 346 g/mol. The molecule has 0 saturated carbocycles. The average molecular weight is 371 g/mol. The van der Waals surface area contributed by atoms with Crippen molar-refractivity contribution in [2.45, 2.75) is 39.4 Å². The molecule has 3 heterocycles. The van der Waals surface area contributed by atoms with Crippen LogP contribution >= 0.6 is 0 Å². The van der Waals surface area contributed by atoms with Crippen molar-refractivity contribution in [3.05, 3.63) is 12.1 Å². The number of hydrogen-bond acceptors (Lipinski definition) is 7. The van der Waals surface area contributed by atoms with Crippen LogP contribution in [0.15, 0.2) is 12.1 Å². The SMILES string of the molecule is CCCC(=O)N1CCCN(c2nc(N)c3cc4c(cc3n2)OC(C)O4)CC1. The largest absolute Gasteiger partial charge is 0.451 e. The Morgan fingerprint density at radius 1 is 1.19 bits per heavy atom. The minimum atomic E-state index is -0.317. The second-order valence-corrected chi connectivity index (χ2v) is 7.00. The number of fused-ring (bicyclic) bond motifs is 2. The number of aromatic nitrogens is 2. The summed E-state index contributed by atoms with van der Waals surface area (Å²) in [5.74, 6) is 2.57. The number of nitrogen functional groups attached to an aromatic ring is 1. The Kier molecular flexibility index (Phi) is 4.63. The van der Waals surface area contributed by atoms with Crippen molar-refractivity contribution >= 4 is 28.6 Å². The van der Waals surface area contributed by atoms with E-state index >= 15 is 0 Å². The average Bonchev–Trinajstić information content (AvgIpc) is 2.84. The maximum atomic E-state index is 12.2. The summed E-state index contributed by atoms with van der Waals surface area (Å²) in [6.45, 7) is 6.81. The zero-order chi connectivity index (χ0) is 19.0. The summed E-state index contributed by atoms with van der Waals surface area (Å²) in [5.41, 5.74) is 6.94. The van der Waals surface area contributed by atoms with Crippen LogP contribution in [0.1, 0.15) is 33.1 Å². The maximum Gasteiger partial charge on any atom is 0.238 e. The number of carbonyl (C=O) groups is 1. The van der Waals surface area contributed by atoms with Crippen LogP contribution in [-0.2, 0) is 4.79 Å². The summed E-state index contributed by atoms with van der Waals surface area (Å²) < 4.78 is 11.2. The Labute approximate surface area is 158 Å². The maximum absolute atomic E-state index is 12.2. The molecule has 2 aliphatic rings. The molecule has 4 rings (SSSR count). The van der Waals surface area contributed by atoms with E-state index in [1.165, 1.54) is 0 Å². The van der Waals surface area contributed by atoms with Crippen molar-refractivity contribution in [1.29, 1.82) is 0 Å². The van der Waals surface area contributed by atoms with Gasteiger partial charge in [0.15, 0.2) is 11.5 Å². The molecule has 2 aromatic rings. The number of amides is 1. The van der Waals surface area contributed by atoms with E-state index in [2.05, 4.69) is 9.88 Å². The Bertz CT molecular complexity index is 872. The predicted molar refractivity (Wildman–Crippen MR) is 103 cm³/mol. The van der Waals surface area contributed by atoms with Gasteiger partial charge in [0.05, 0.1) is 5.52 Å². The van der Waals surface area contributed by atoms with Gasteiger partial charge in [-0.05, 0) is 18.9 Å². The fraction of sp³-hybridized carbons (Fsp3) is 0.526. The third kappa shape index (κ3) is 3.43. The van der Waals surface area contributed by atoms with Crippen LogP contribution in [-0.4, -0.2) is 53.2 Å². The molecule has 27 heavy (non-hydrogen) atoms. The van der Waals surface area contributed by atoms with Crippen LogP contribution in [0.4, 0.5) is 11.8 Å². The summed E-state index contributed by atoms with van der Waals surface area (Å²) >= 11 is 0. The molecule has 2 aliphatic heterocycles. The van der Waals surface area contributed by atoms with Crippen LogP contribution in [0.2, 0.25) is 0 Å². The highest BCUT2D eigenvalue weighted by Crippen LogP contribution is 2.39. The molecule has 0 spiro atoms. The number of rotatable bonds is 3. The third-order valence-electron chi connectivity index (χ3n) is 4.96. The molecule has 2 N–H and O–H groups in total. The molecule has 1 amide bonds. The molecule has 1 saturated heterocycles. The first-order valence-electron chi connectivity index (χ1n) is 9.52. The number of anilines is 2. The van der Waals surface area contributed by atoms with E-state index in [1.54, 1.807) is 0 Å². The molecule has 0 bridgehead atoms. The van der Waals surface area contributed by atoms with Crippen molar-refractivity contribution in [3.63, 3.8) is 0 Å². The van der Waals surface area contributed by atoms with Gasteiger partial charge in [0.1, 0.15) is 5.82 Å². The standard InChI is InChI=1S/C19H25N5O3/c1-3-5-17(25)23-6-4-7-24(9-8-23)19-21-14-11-16-15(26-12(2)27-16)10-13(14)18(20)22-19/h10-12H,3-9H2,1-2H3,(H2,20,21,22). The fourth-order valence-electron chi connectivity index (χ4n) is 3.59. The van der Waals surface area contributed by atoms with Crippen molar-refractivity contribution < 1.29 is 14.3 Å². The summed E-state index contributed by atoms with van der Waals surface area (Å²) in [5, 5.41) is 0.754. The molecule has 8 nitrogen and oxygen atoms in total. The van der Waals surface area contributed by atoms with Crippen LogP contribution < -0.4 is 20.1 Å². The lowest BCUT2D eigenvalue weighted by atomic mass is 10.2. The van der Waals surface area contributed by atoms with Gasteiger partial charge in [-0.3, -0.25) is 4.79 Å². The van der Waals surface area contributed by atoms with Gasteiger partial charge in [-0.2, -0.15) is 4.98 Å². The highest BCUT2D eigenvalue weighted by molar-refractivity contribution is 5.92. The van der Waals surface area contributed by atoms with Gasteiger partial charge in [-0.1, -0.05) is 6.92 Å². The van der Waals surface area contributed by atoms with E-state index in [9.17, 15) is 4.79 Å². The number of ether oxygens (including phenoxy) is 2. The Balaban J connectivity index is 1.59. The Morgan fingerprint density at radius 3 is 2.74 bits per heavy atom. The van der Waals surface area contributed by atoms with Gasteiger partial charge in [-0.25, -0.2) is 4.98 Å². The molecule has 0 aliphatic carbocycles. The highest BCUT2D eigenvalue weighted by atomic mass is 16.7. The summed E-state index contributed by atoms with van der Waals surface area (Å²) in [4.78, 5) is 25.4. The molecule has 144 valence electrons. The zero-order valence-electron chi connectivity index (χ0n) is 15.8. The van der Waals surface area contributed by atoms with Crippen LogP contribution in [0, 0.1) is 0 Å². The second kappa shape index (κ2) is 7.09. The topological polar surface area (TPSA) is 93.8 Å². The third-order valence-corrected chi connectivity index (χ3v) is 4.96. The molecule has 1 aromatic carbocycles. The predicted octanol–water partition coefficient (Wildman–Crippen LogP) is 2.17. The Hall–Kier alpha value is -2.77. The second-order valence-electron chi connectivity index (χ2n) is 7.00. The lowest BCUT2D eigenvalue weighted by Gasteiger charge is -2.22. The number of benzene rings is 1. The van der Waals surface area contributed by atoms with Crippen molar-refractivity contribution in [2.75, 3.05) is 36.8 Å². The summed E-state index contributed by atoms with van der Waals surface area (Å²) in [6.07, 6.45) is 2.04. The van der Waals surface area contributed by atoms with E-state index in [4.69, 9.17) is 20.2 Å². The molecule has 1 atom stereocenters. The minimum Gasteiger partial charge on any atom is -0.451 e. The highest BCUT2D eigenvalue weighted by Gasteiger charge is 2.24. The van der Waals surface area contributed by atoms with Crippen LogP contribution in [0.25, 0.3) is 10.9 Å². The number of nitrogens with zero attached hydrogens (tertiary/aromatic N) is 4. The first-order valence-corrected chi connectivity index (χ1v) is 9.52. The summed E-state index contributed by atoms with van der Waals surface area (Å²) in [6, 6.07) is 3.69. The number of nitrogens with two attached hydrogens (primary N) is 1. The van der Waals surface area contributed by atoms with Crippen LogP contribution in [0.3, 0.4) is 0 Å². The van der Waals surface area contributed by atoms with Crippen molar-refractivity contribution in [1.82, 2.24) is 14.9 Å². The number of carbonyl (C=O) groups excluding carboxylic acids is 1. The zero-order valence-corrected chi connectivity index (χ0v) is 15.8.